The van der Waals surface area contributed by atoms with Gasteiger partial charge < -0.3 is 10.6 Å². The van der Waals surface area contributed by atoms with Crippen LogP contribution >= 0.6 is 0 Å². The van der Waals surface area contributed by atoms with Gasteiger partial charge in [-0.1, -0.05) is 25.1 Å². The fourth-order valence-corrected chi connectivity index (χ4v) is 2.23. The number of hydrogen-bond acceptors (Lipinski definition) is 3. The van der Waals surface area contributed by atoms with E-state index in [0.717, 1.165) is 37.2 Å². The van der Waals surface area contributed by atoms with Crippen molar-refractivity contribution in [2.24, 2.45) is 0 Å². The highest BCUT2D eigenvalue weighted by molar-refractivity contribution is 5.93. The van der Waals surface area contributed by atoms with Crippen LogP contribution in [0.1, 0.15) is 24.5 Å². The summed E-state index contributed by atoms with van der Waals surface area (Å²) >= 11 is 0. The van der Waals surface area contributed by atoms with Gasteiger partial charge in [-0.15, -0.1) is 0 Å². The molecule has 2 N–H and O–H groups in total. The first-order valence-electron chi connectivity index (χ1n) is 7.30. The van der Waals surface area contributed by atoms with Crippen LogP contribution in [0.15, 0.2) is 18.2 Å². The Kier molecular flexibility index (Phi) is 7.26. The average molecular weight is 277 g/mol. The molecular formula is C16H27N3O. The van der Waals surface area contributed by atoms with Crippen molar-refractivity contribution in [3.05, 3.63) is 29.3 Å². The summed E-state index contributed by atoms with van der Waals surface area (Å²) in [5.74, 6) is 0.0564. The molecule has 0 aromatic heterocycles. The van der Waals surface area contributed by atoms with E-state index in [4.69, 9.17) is 0 Å². The molecule has 0 heterocycles. The fraction of sp³-hybridized carbons (Fsp3) is 0.562. The van der Waals surface area contributed by atoms with Gasteiger partial charge in [0.15, 0.2) is 0 Å². The van der Waals surface area contributed by atoms with Gasteiger partial charge in [0, 0.05) is 5.69 Å². The minimum Gasteiger partial charge on any atom is -0.324 e. The lowest BCUT2D eigenvalue weighted by Gasteiger charge is -2.18. The van der Waals surface area contributed by atoms with E-state index in [9.17, 15) is 4.79 Å². The fourth-order valence-electron chi connectivity index (χ4n) is 2.23. The van der Waals surface area contributed by atoms with E-state index in [1.165, 1.54) is 5.56 Å². The van der Waals surface area contributed by atoms with Crippen LogP contribution in [0, 0.1) is 6.92 Å². The highest BCUT2D eigenvalue weighted by atomic mass is 16.2. The van der Waals surface area contributed by atoms with Crippen molar-refractivity contribution < 1.29 is 4.79 Å². The summed E-state index contributed by atoms with van der Waals surface area (Å²) in [7, 11) is 3.92. The van der Waals surface area contributed by atoms with E-state index in [1.54, 1.807) is 0 Å². The van der Waals surface area contributed by atoms with Gasteiger partial charge in [-0.05, 0) is 58.1 Å². The van der Waals surface area contributed by atoms with Crippen LogP contribution in [0.3, 0.4) is 0 Å². The second-order valence-corrected chi connectivity index (χ2v) is 5.21. The molecule has 20 heavy (non-hydrogen) atoms. The van der Waals surface area contributed by atoms with Crippen LogP contribution in [-0.2, 0) is 11.2 Å². The monoisotopic (exact) mass is 277 g/mol. The third-order valence-corrected chi connectivity index (χ3v) is 3.38. The molecular weight excluding hydrogens is 250 g/mol. The molecule has 0 atom stereocenters. The quantitative estimate of drug-likeness (QED) is 0.715. The molecule has 4 heteroatoms. The number of carbonyl (C=O) groups is 1. The molecule has 0 saturated carbocycles. The highest BCUT2D eigenvalue weighted by Gasteiger charge is 2.10. The molecule has 0 saturated heterocycles. The van der Waals surface area contributed by atoms with E-state index < -0.39 is 0 Å². The molecule has 4 nitrogen and oxygen atoms in total. The van der Waals surface area contributed by atoms with Crippen LogP contribution in [-0.4, -0.2) is 44.5 Å². The normalized spacial score (nSPS) is 10.8. The van der Waals surface area contributed by atoms with Gasteiger partial charge in [-0.3, -0.25) is 9.69 Å². The number of benzene rings is 1. The third-order valence-electron chi connectivity index (χ3n) is 3.38. The third kappa shape index (κ3) is 5.31. The smallest absolute Gasteiger partial charge is 0.238 e. The topological polar surface area (TPSA) is 44.4 Å². The number of hydrogen-bond donors (Lipinski definition) is 2. The van der Waals surface area contributed by atoms with Gasteiger partial charge in [-0.2, -0.15) is 0 Å². The summed E-state index contributed by atoms with van der Waals surface area (Å²) < 4.78 is 0. The zero-order chi connectivity index (χ0) is 15.0. The Morgan fingerprint density at radius 3 is 2.75 bits per heavy atom. The summed E-state index contributed by atoms with van der Waals surface area (Å²) in [6.07, 6.45) is 1.97. The van der Waals surface area contributed by atoms with Crippen LogP contribution in [0.4, 0.5) is 5.69 Å². The van der Waals surface area contributed by atoms with E-state index >= 15 is 0 Å². The number of carbonyl (C=O) groups excluding carboxylic acids is 1. The first-order chi connectivity index (χ1) is 9.58. The van der Waals surface area contributed by atoms with Gasteiger partial charge >= 0.3 is 0 Å². The number of nitrogens with zero attached hydrogens (tertiary/aromatic N) is 1. The lowest BCUT2D eigenvalue weighted by atomic mass is 10.1. The van der Waals surface area contributed by atoms with Crippen LogP contribution in [0.2, 0.25) is 0 Å². The molecule has 0 fully saturated rings. The van der Waals surface area contributed by atoms with Crippen LogP contribution in [0.5, 0.6) is 0 Å². The summed E-state index contributed by atoms with van der Waals surface area (Å²) in [6.45, 7) is 6.47. The predicted octanol–water partition coefficient (Wildman–Crippen LogP) is 2.04. The summed E-state index contributed by atoms with van der Waals surface area (Å²) in [6, 6.07) is 6.14. The standard InChI is InChI=1S/C16H27N3O/c1-5-14-9-6-8-13(2)16(14)18-15(20)12-19(4)11-7-10-17-3/h6,8-9,17H,5,7,10-12H2,1-4H3,(H,18,20). The average Bonchev–Trinajstić information content (AvgIpc) is 2.41. The molecule has 1 amide bonds. The van der Waals surface area contributed by atoms with Crippen molar-refractivity contribution in [3.63, 3.8) is 0 Å². The van der Waals surface area contributed by atoms with Crippen LogP contribution < -0.4 is 10.6 Å². The van der Waals surface area contributed by atoms with Crippen molar-refractivity contribution >= 4 is 11.6 Å². The molecule has 1 aromatic carbocycles. The number of likely N-dealkylation sites (N-methyl/N-ethyl adjacent to an activating group) is 1. The maximum absolute atomic E-state index is 12.1. The maximum Gasteiger partial charge on any atom is 0.238 e. The van der Waals surface area contributed by atoms with Gasteiger partial charge in [0.2, 0.25) is 5.91 Å². The molecule has 1 aromatic rings. The molecule has 0 aliphatic heterocycles. The molecule has 0 aliphatic rings. The van der Waals surface area contributed by atoms with Crippen LogP contribution in [0.25, 0.3) is 0 Å². The van der Waals surface area contributed by atoms with Gasteiger partial charge in [0.1, 0.15) is 0 Å². The SMILES string of the molecule is CCc1cccc(C)c1NC(=O)CN(C)CCCNC. The van der Waals surface area contributed by atoms with Gasteiger partial charge in [0.05, 0.1) is 6.54 Å². The Morgan fingerprint density at radius 2 is 2.10 bits per heavy atom. The second-order valence-electron chi connectivity index (χ2n) is 5.21. The van der Waals surface area contributed by atoms with Crippen molar-refractivity contribution in [2.45, 2.75) is 26.7 Å². The molecule has 1 rings (SSSR count). The largest absolute Gasteiger partial charge is 0.324 e. The van der Waals surface area contributed by atoms with Gasteiger partial charge in [-0.25, -0.2) is 0 Å². The second kappa shape index (κ2) is 8.72. The number of amides is 1. The Balaban J connectivity index is 2.54. The number of nitrogens with one attached hydrogen (secondary N) is 2. The Bertz CT molecular complexity index is 432. The number of aryl methyl sites for hydroxylation is 2. The summed E-state index contributed by atoms with van der Waals surface area (Å²) in [4.78, 5) is 14.2. The molecule has 0 aliphatic carbocycles. The minimum absolute atomic E-state index is 0.0564. The molecule has 112 valence electrons. The Morgan fingerprint density at radius 1 is 1.35 bits per heavy atom. The van der Waals surface area contributed by atoms with E-state index in [-0.39, 0.29) is 5.91 Å². The zero-order valence-electron chi connectivity index (χ0n) is 13.1. The number of anilines is 1. The highest BCUT2D eigenvalue weighted by Crippen LogP contribution is 2.20. The summed E-state index contributed by atoms with van der Waals surface area (Å²) in [5.41, 5.74) is 3.29. The van der Waals surface area contributed by atoms with Crippen molar-refractivity contribution in [2.75, 3.05) is 39.0 Å². The first-order valence-corrected chi connectivity index (χ1v) is 7.30. The number of para-hydroxylation sites is 1. The number of rotatable bonds is 8. The van der Waals surface area contributed by atoms with Crippen molar-refractivity contribution in [1.29, 1.82) is 0 Å². The Labute approximate surface area is 122 Å². The lowest BCUT2D eigenvalue weighted by Crippen LogP contribution is -2.32. The van der Waals surface area contributed by atoms with Gasteiger partial charge in [0.25, 0.3) is 0 Å². The van der Waals surface area contributed by atoms with E-state index in [2.05, 4.69) is 28.5 Å². The van der Waals surface area contributed by atoms with Crippen molar-refractivity contribution in [3.8, 4) is 0 Å². The zero-order valence-corrected chi connectivity index (χ0v) is 13.1. The lowest BCUT2D eigenvalue weighted by molar-refractivity contribution is -0.117. The van der Waals surface area contributed by atoms with Crippen molar-refractivity contribution in [1.82, 2.24) is 10.2 Å². The predicted molar refractivity (Wildman–Crippen MR) is 85.2 cm³/mol. The Hall–Kier alpha value is -1.39. The minimum atomic E-state index is 0.0564. The molecule has 0 spiro atoms. The maximum atomic E-state index is 12.1. The molecule has 0 bridgehead atoms. The first kappa shape index (κ1) is 16.7. The van der Waals surface area contributed by atoms with E-state index in [1.807, 2.05) is 33.2 Å². The summed E-state index contributed by atoms with van der Waals surface area (Å²) in [5, 5.41) is 6.17. The molecule has 0 radical (unpaired) electrons. The molecule has 0 unspecified atom stereocenters. The van der Waals surface area contributed by atoms with E-state index in [0.29, 0.717) is 6.54 Å².